The van der Waals surface area contributed by atoms with Gasteiger partial charge in [-0.15, -0.1) is 0 Å². The summed E-state index contributed by atoms with van der Waals surface area (Å²) in [4.78, 5) is 31.5. The van der Waals surface area contributed by atoms with Crippen LogP contribution >= 0.6 is 0 Å². The molecule has 3 N–H and O–H groups in total. The minimum absolute atomic E-state index is 0.192. The third-order valence-corrected chi connectivity index (χ3v) is 4.44. The third-order valence-electron chi connectivity index (χ3n) is 4.44. The summed E-state index contributed by atoms with van der Waals surface area (Å²) < 4.78 is 0. The zero-order chi connectivity index (χ0) is 18.7. The number of hydrogen-bond donors (Lipinski definition) is 3. The van der Waals surface area contributed by atoms with E-state index < -0.39 is 17.9 Å². The molecule has 0 spiro atoms. The molecule has 134 valence electrons. The van der Waals surface area contributed by atoms with Crippen LogP contribution in [0.25, 0.3) is 10.9 Å². The Bertz CT molecular complexity index is 962. The summed E-state index contributed by atoms with van der Waals surface area (Å²) >= 11 is 0. The Kier molecular flexibility index (Phi) is 5.02. The Morgan fingerprint density at radius 2 is 2.00 bits per heavy atom. The second kappa shape index (κ2) is 7.39. The second-order valence-corrected chi connectivity index (χ2v) is 6.25. The molecule has 1 atom stereocenters. The molecule has 0 aliphatic heterocycles. The van der Waals surface area contributed by atoms with Crippen molar-refractivity contribution in [1.82, 2.24) is 15.3 Å². The number of carboxylic acid groups (broad SMARTS) is 1. The highest BCUT2D eigenvalue weighted by atomic mass is 16.4. The fourth-order valence-corrected chi connectivity index (χ4v) is 2.99. The standard InChI is InChI=1S/C20H21N3O3/c1-3-14-7-5-9-16(22-14)19(24)23-17(20(25)26)10-13-11-21-18-12(2)6-4-8-15(13)18/h4-9,11,17,21H,3,10H2,1-2H3,(H,23,24)(H,25,26). The molecule has 0 aliphatic carbocycles. The van der Waals surface area contributed by atoms with Gasteiger partial charge in [0.25, 0.3) is 5.91 Å². The van der Waals surface area contributed by atoms with Gasteiger partial charge in [-0.05, 0) is 36.6 Å². The molecule has 1 unspecified atom stereocenters. The molecule has 0 fully saturated rings. The highest BCUT2D eigenvalue weighted by molar-refractivity contribution is 5.95. The molecular formula is C20H21N3O3. The molecule has 26 heavy (non-hydrogen) atoms. The Morgan fingerprint density at radius 1 is 1.23 bits per heavy atom. The van der Waals surface area contributed by atoms with Gasteiger partial charge < -0.3 is 15.4 Å². The lowest BCUT2D eigenvalue weighted by molar-refractivity contribution is -0.139. The fraction of sp³-hybridized carbons (Fsp3) is 0.250. The second-order valence-electron chi connectivity index (χ2n) is 6.25. The molecule has 0 saturated heterocycles. The van der Waals surface area contributed by atoms with Crippen LogP contribution in [0.4, 0.5) is 0 Å². The van der Waals surface area contributed by atoms with Gasteiger partial charge in [0.05, 0.1) is 0 Å². The summed E-state index contributed by atoms with van der Waals surface area (Å²) in [7, 11) is 0. The first-order valence-electron chi connectivity index (χ1n) is 8.54. The smallest absolute Gasteiger partial charge is 0.326 e. The molecule has 1 amide bonds. The number of aromatic nitrogens is 2. The number of aryl methyl sites for hydroxylation is 2. The Hall–Kier alpha value is -3.15. The number of carbonyl (C=O) groups excluding carboxylic acids is 1. The Labute approximate surface area is 151 Å². The van der Waals surface area contributed by atoms with Gasteiger partial charge in [0, 0.05) is 29.2 Å². The number of carbonyl (C=O) groups is 2. The lowest BCUT2D eigenvalue weighted by Gasteiger charge is -2.14. The van der Waals surface area contributed by atoms with Gasteiger partial charge in [-0.1, -0.05) is 31.2 Å². The number of carboxylic acids is 1. The summed E-state index contributed by atoms with van der Waals surface area (Å²) in [5.74, 6) is -1.56. The van der Waals surface area contributed by atoms with Crippen molar-refractivity contribution in [2.24, 2.45) is 0 Å². The first kappa shape index (κ1) is 17.7. The minimum Gasteiger partial charge on any atom is -0.480 e. The highest BCUT2D eigenvalue weighted by Gasteiger charge is 2.23. The minimum atomic E-state index is -1.08. The summed E-state index contributed by atoms with van der Waals surface area (Å²) in [5, 5.41) is 13.1. The van der Waals surface area contributed by atoms with E-state index in [2.05, 4.69) is 15.3 Å². The molecule has 0 bridgehead atoms. The van der Waals surface area contributed by atoms with Gasteiger partial charge in [0.1, 0.15) is 11.7 Å². The molecule has 6 heteroatoms. The lowest BCUT2D eigenvalue weighted by atomic mass is 10.0. The van der Waals surface area contributed by atoms with Crippen molar-refractivity contribution >= 4 is 22.8 Å². The number of fused-ring (bicyclic) bond motifs is 1. The monoisotopic (exact) mass is 351 g/mol. The third kappa shape index (κ3) is 3.59. The Balaban J connectivity index is 1.82. The molecule has 0 aliphatic rings. The first-order chi connectivity index (χ1) is 12.5. The van der Waals surface area contributed by atoms with Crippen LogP contribution in [-0.2, 0) is 17.6 Å². The molecule has 3 aromatic rings. The number of nitrogens with zero attached hydrogens (tertiary/aromatic N) is 1. The average Bonchev–Trinajstić information content (AvgIpc) is 3.05. The van der Waals surface area contributed by atoms with E-state index in [0.717, 1.165) is 27.7 Å². The Morgan fingerprint density at radius 3 is 2.73 bits per heavy atom. The average molecular weight is 351 g/mol. The summed E-state index contributed by atoms with van der Waals surface area (Å²) in [6.45, 7) is 3.94. The van der Waals surface area contributed by atoms with Crippen molar-refractivity contribution < 1.29 is 14.7 Å². The highest BCUT2D eigenvalue weighted by Crippen LogP contribution is 2.22. The maximum Gasteiger partial charge on any atom is 0.326 e. The van der Waals surface area contributed by atoms with Crippen LogP contribution in [-0.4, -0.2) is 33.0 Å². The number of pyridine rings is 1. The van der Waals surface area contributed by atoms with Crippen molar-refractivity contribution in [2.75, 3.05) is 0 Å². The zero-order valence-electron chi connectivity index (χ0n) is 14.7. The van der Waals surface area contributed by atoms with Crippen molar-refractivity contribution in [3.8, 4) is 0 Å². The van der Waals surface area contributed by atoms with Gasteiger partial charge in [-0.3, -0.25) is 4.79 Å². The van der Waals surface area contributed by atoms with E-state index in [1.165, 1.54) is 0 Å². The van der Waals surface area contributed by atoms with Gasteiger partial charge in [-0.2, -0.15) is 0 Å². The van der Waals surface area contributed by atoms with Crippen LogP contribution in [0.15, 0.2) is 42.6 Å². The number of aromatic amines is 1. The predicted molar refractivity (Wildman–Crippen MR) is 99.2 cm³/mol. The number of benzene rings is 1. The van der Waals surface area contributed by atoms with E-state index in [4.69, 9.17) is 0 Å². The summed E-state index contributed by atoms with van der Waals surface area (Å²) in [6, 6.07) is 10.0. The number of hydrogen-bond acceptors (Lipinski definition) is 3. The molecule has 0 saturated carbocycles. The molecule has 3 rings (SSSR count). The molecule has 2 aromatic heterocycles. The first-order valence-corrected chi connectivity index (χ1v) is 8.54. The van der Waals surface area contributed by atoms with Crippen molar-refractivity contribution in [2.45, 2.75) is 32.7 Å². The fourth-order valence-electron chi connectivity index (χ4n) is 2.99. The predicted octanol–water partition coefficient (Wildman–Crippen LogP) is 2.86. The van der Waals surface area contributed by atoms with E-state index in [-0.39, 0.29) is 12.1 Å². The molecule has 2 heterocycles. The number of amides is 1. The SMILES string of the molecule is CCc1cccc(C(=O)NC(Cc2c[nH]c3c(C)cccc23)C(=O)O)n1. The van der Waals surface area contributed by atoms with Crippen LogP contribution in [0.3, 0.4) is 0 Å². The number of nitrogens with one attached hydrogen (secondary N) is 2. The molecule has 0 radical (unpaired) electrons. The van der Waals surface area contributed by atoms with Crippen molar-refractivity contribution in [3.63, 3.8) is 0 Å². The molecule has 6 nitrogen and oxygen atoms in total. The van der Waals surface area contributed by atoms with E-state index in [9.17, 15) is 14.7 Å². The lowest BCUT2D eigenvalue weighted by Crippen LogP contribution is -2.42. The van der Waals surface area contributed by atoms with Gasteiger partial charge in [-0.25, -0.2) is 9.78 Å². The van der Waals surface area contributed by atoms with E-state index in [0.29, 0.717) is 6.42 Å². The largest absolute Gasteiger partial charge is 0.480 e. The van der Waals surface area contributed by atoms with Gasteiger partial charge >= 0.3 is 5.97 Å². The van der Waals surface area contributed by atoms with Crippen molar-refractivity contribution in [1.29, 1.82) is 0 Å². The topological polar surface area (TPSA) is 95.1 Å². The number of rotatable bonds is 6. The number of aliphatic carboxylic acids is 1. The summed E-state index contributed by atoms with van der Waals surface area (Å²) in [5.41, 5.74) is 3.94. The van der Waals surface area contributed by atoms with Crippen molar-refractivity contribution in [3.05, 3.63) is 65.1 Å². The van der Waals surface area contributed by atoms with E-state index in [1.807, 2.05) is 38.1 Å². The normalized spacial score (nSPS) is 12.1. The number of para-hydroxylation sites is 1. The number of H-pyrrole nitrogens is 1. The zero-order valence-corrected chi connectivity index (χ0v) is 14.7. The van der Waals surface area contributed by atoms with Crippen LogP contribution in [0.1, 0.15) is 34.2 Å². The van der Waals surface area contributed by atoms with Crippen LogP contribution in [0.5, 0.6) is 0 Å². The maximum atomic E-state index is 12.4. The summed E-state index contributed by atoms with van der Waals surface area (Å²) in [6.07, 6.45) is 2.70. The molecule has 1 aromatic carbocycles. The molecular weight excluding hydrogens is 330 g/mol. The van der Waals surface area contributed by atoms with Crippen LogP contribution < -0.4 is 5.32 Å². The van der Waals surface area contributed by atoms with E-state index >= 15 is 0 Å². The van der Waals surface area contributed by atoms with Gasteiger partial charge in [0.2, 0.25) is 0 Å². The quantitative estimate of drug-likeness (QED) is 0.636. The van der Waals surface area contributed by atoms with E-state index in [1.54, 1.807) is 18.3 Å². The van der Waals surface area contributed by atoms with Crippen LogP contribution in [0.2, 0.25) is 0 Å². The van der Waals surface area contributed by atoms with Crippen LogP contribution in [0, 0.1) is 6.92 Å². The maximum absolute atomic E-state index is 12.4. The van der Waals surface area contributed by atoms with Gasteiger partial charge in [0.15, 0.2) is 0 Å².